The number of hydrogen-bond donors (Lipinski definition) is 1. The molecule has 0 saturated heterocycles. The number of carbonyl (C=O) groups excluding carboxylic acids is 2. The smallest absolute Gasteiger partial charge is 0.258 e. The SMILES string of the molecule is CCOc1ccc(N=NC(C(C)=O)C(=O)Nc2cc(Cl)cc(OCC)c2OCC)c(OCC)c1. The van der Waals surface area contributed by atoms with E-state index in [1.807, 2.05) is 20.8 Å². The van der Waals surface area contributed by atoms with Crippen LogP contribution < -0.4 is 24.3 Å². The number of nitrogens with zero attached hydrogens (tertiary/aromatic N) is 2. The van der Waals surface area contributed by atoms with Crippen LogP contribution in [-0.4, -0.2) is 44.2 Å². The Labute approximate surface area is 204 Å². The molecule has 0 radical (unpaired) electrons. The Balaban J connectivity index is 2.34. The molecule has 34 heavy (non-hydrogen) atoms. The van der Waals surface area contributed by atoms with Crippen molar-refractivity contribution in [3.05, 3.63) is 35.4 Å². The highest BCUT2D eigenvalue weighted by Gasteiger charge is 2.25. The predicted molar refractivity (Wildman–Crippen MR) is 130 cm³/mol. The third-order valence-corrected chi connectivity index (χ3v) is 4.54. The molecule has 0 fully saturated rings. The molecule has 0 spiro atoms. The van der Waals surface area contributed by atoms with Crippen LogP contribution in [0.1, 0.15) is 34.6 Å². The largest absolute Gasteiger partial charge is 0.494 e. The number of ether oxygens (including phenoxy) is 4. The average molecular weight is 492 g/mol. The van der Waals surface area contributed by atoms with E-state index in [1.165, 1.54) is 13.0 Å². The molecular formula is C24H30ClN3O6. The fraction of sp³-hybridized carbons (Fsp3) is 0.417. The van der Waals surface area contributed by atoms with Crippen molar-refractivity contribution >= 4 is 34.7 Å². The van der Waals surface area contributed by atoms with Gasteiger partial charge in [0.25, 0.3) is 5.91 Å². The average Bonchev–Trinajstić information content (AvgIpc) is 2.78. The Bertz CT molecular complexity index is 1030. The van der Waals surface area contributed by atoms with Gasteiger partial charge in [-0.15, -0.1) is 0 Å². The van der Waals surface area contributed by atoms with Crippen molar-refractivity contribution < 1.29 is 28.5 Å². The zero-order valence-electron chi connectivity index (χ0n) is 20.0. The highest BCUT2D eigenvalue weighted by atomic mass is 35.5. The first kappa shape index (κ1) is 26.9. The number of carbonyl (C=O) groups is 2. The number of halogens is 1. The standard InChI is InChI=1S/C24H30ClN3O6/c1-6-31-17-10-11-18(20(14-17)32-7-2)27-28-22(15(5)29)24(30)26-19-12-16(25)13-21(33-8-3)23(19)34-9-4/h10-14,22H,6-9H2,1-5H3,(H,26,30). The number of rotatable bonds is 13. The van der Waals surface area contributed by atoms with E-state index in [4.69, 9.17) is 30.5 Å². The van der Waals surface area contributed by atoms with Crippen LogP contribution in [0.3, 0.4) is 0 Å². The molecular weight excluding hydrogens is 462 g/mol. The molecule has 2 aromatic carbocycles. The van der Waals surface area contributed by atoms with Crippen molar-refractivity contribution in [3.8, 4) is 23.0 Å². The van der Waals surface area contributed by atoms with E-state index in [9.17, 15) is 9.59 Å². The highest BCUT2D eigenvalue weighted by molar-refractivity contribution is 6.31. The third kappa shape index (κ3) is 7.34. The molecule has 0 saturated carbocycles. The number of nitrogens with one attached hydrogen (secondary N) is 1. The highest BCUT2D eigenvalue weighted by Crippen LogP contribution is 2.39. The van der Waals surface area contributed by atoms with Gasteiger partial charge >= 0.3 is 0 Å². The molecule has 9 nitrogen and oxygen atoms in total. The second-order valence-electron chi connectivity index (χ2n) is 6.86. The number of amides is 1. The minimum Gasteiger partial charge on any atom is -0.494 e. The molecule has 0 heterocycles. The first-order valence-electron chi connectivity index (χ1n) is 11.0. The van der Waals surface area contributed by atoms with E-state index in [0.29, 0.717) is 60.1 Å². The second kappa shape index (κ2) is 13.4. The molecule has 1 amide bonds. The van der Waals surface area contributed by atoms with Gasteiger partial charge in [0, 0.05) is 17.2 Å². The van der Waals surface area contributed by atoms with Gasteiger partial charge in [0.1, 0.15) is 17.2 Å². The molecule has 2 aromatic rings. The summed E-state index contributed by atoms with van der Waals surface area (Å²) in [6.07, 6.45) is 0. The Morgan fingerprint density at radius 3 is 2.18 bits per heavy atom. The first-order valence-corrected chi connectivity index (χ1v) is 11.4. The van der Waals surface area contributed by atoms with Gasteiger partial charge in [0.05, 0.1) is 32.1 Å². The Morgan fingerprint density at radius 2 is 1.56 bits per heavy atom. The van der Waals surface area contributed by atoms with Gasteiger partial charge in [-0.2, -0.15) is 10.2 Å². The summed E-state index contributed by atoms with van der Waals surface area (Å²) in [5.74, 6) is 0.548. The topological polar surface area (TPSA) is 108 Å². The maximum absolute atomic E-state index is 13.0. The molecule has 0 aliphatic carbocycles. The number of hydrogen-bond acceptors (Lipinski definition) is 8. The van der Waals surface area contributed by atoms with E-state index >= 15 is 0 Å². The van der Waals surface area contributed by atoms with Gasteiger partial charge in [-0.3, -0.25) is 9.59 Å². The number of benzene rings is 2. The van der Waals surface area contributed by atoms with E-state index in [0.717, 1.165) is 0 Å². The molecule has 0 aromatic heterocycles. The monoisotopic (exact) mass is 491 g/mol. The number of Topliss-reactive ketones (excluding diaryl/α,β-unsaturated/α-hetero) is 1. The predicted octanol–water partition coefficient (Wildman–Crippen LogP) is 5.61. The fourth-order valence-electron chi connectivity index (χ4n) is 2.96. The summed E-state index contributed by atoms with van der Waals surface area (Å²) in [7, 11) is 0. The zero-order valence-corrected chi connectivity index (χ0v) is 20.8. The van der Waals surface area contributed by atoms with Crippen molar-refractivity contribution in [2.75, 3.05) is 31.7 Å². The van der Waals surface area contributed by atoms with Gasteiger partial charge in [-0.25, -0.2) is 0 Å². The lowest BCUT2D eigenvalue weighted by molar-refractivity contribution is -0.126. The third-order valence-electron chi connectivity index (χ3n) is 4.32. The molecule has 2 rings (SSSR count). The maximum Gasteiger partial charge on any atom is 0.258 e. The van der Waals surface area contributed by atoms with Gasteiger partial charge in [0.2, 0.25) is 6.04 Å². The van der Waals surface area contributed by atoms with Crippen LogP contribution in [0.4, 0.5) is 11.4 Å². The van der Waals surface area contributed by atoms with Gasteiger partial charge < -0.3 is 24.3 Å². The molecule has 1 unspecified atom stereocenters. The molecule has 1 N–H and O–H groups in total. The van der Waals surface area contributed by atoms with Crippen molar-refractivity contribution in [1.29, 1.82) is 0 Å². The molecule has 1 atom stereocenters. The molecule has 0 aliphatic rings. The lowest BCUT2D eigenvalue weighted by Gasteiger charge is -2.17. The van der Waals surface area contributed by atoms with Crippen molar-refractivity contribution in [2.45, 2.75) is 40.7 Å². The van der Waals surface area contributed by atoms with Gasteiger partial charge in [-0.05, 0) is 52.8 Å². The quantitative estimate of drug-likeness (QED) is 0.288. The van der Waals surface area contributed by atoms with Crippen LogP contribution in [-0.2, 0) is 9.59 Å². The number of ketones is 1. The minimum atomic E-state index is -1.40. The fourth-order valence-corrected chi connectivity index (χ4v) is 3.17. The molecule has 184 valence electrons. The summed E-state index contributed by atoms with van der Waals surface area (Å²) in [6.45, 7) is 10.2. The Morgan fingerprint density at radius 1 is 0.912 bits per heavy atom. The normalized spacial score (nSPS) is 11.7. The minimum absolute atomic E-state index is 0.264. The summed E-state index contributed by atoms with van der Waals surface area (Å²) in [6, 6.07) is 6.74. The second-order valence-corrected chi connectivity index (χ2v) is 7.30. The summed E-state index contributed by atoms with van der Waals surface area (Å²) in [5.41, 5.74) is 0.626. The number of azo groups is 1. The van der Waals surface area contributed by atoms with E-state index in [1.54, 1.807) is 31.2 Å². The lowest BCUT2D eigenvalue weighted by atomic mass is 10.2. The van der Waals surface area contributed by atoms with Gasteiger partial charge in [-0.1, -0.05) is 11.6 Å². The van der Waals surface area contributed by atoms with Crippen molar-refractivity contribution in [2.24, 2.45) is 10.2 Å². The Hall–Kier alpha value is -3.33. The van der Waals surface area contributed by atoms with Crippen LogP contribution in [0.25, 0.3) is 0 Å². The van der Waals surface area contributed by atoms with Crippen LogP contribution in [0.15, 0.2) is 40.6 Å². The van der Waals surface area contributed by atoms with Crippen LogP contribution in [0.2, 0.25) is 5.02 Å². The van der Waals surface area contributed by atoms with Crippen LogP contribution >= 0.6 is 11.6 Å². The zero-order chi connectivity index (χ0) is 25.1. The van der Waals surface area contributed by atoms with Crippen molar-refractivity contribution in [1.82, 2.24) is 0 Å². The maximum atomic E-state index is 13.0. The van der Waals surface area contributed by atoms with E-state index in [-0.39, 0.29) is 5.69 Å². The number of anilines is 1. The van der Waals surface area contributed by atoms with E-state index in [2.05, 4.69) is 15.5 Å². The van der Waals surface area contributed by atoms with Crippen molar-refractivity contribution in [3.63, 3.8) is 0 Å². The van der Waals surface area contributed by atoms with Gasteiger partial charge in [0.15, 0.2) is 17.3 Å². The molecule has 10 heteroatoms. The Kier molecular flexibility index (Phi) is 10.6. The molecule has 0 bridgehead atoms. The summed E-state index contributed by atoms with van der Waals surface area (Å²) in [5, 5.41) is 11.1. The van der Waals surface area contributed by atoms with E-state index < -0.39 is 17.7 Å². The summed E-state index contributed by atoms with van der Waals surface area (Å²) in [4.78, 5) is 25.2. The van der Waals surface area contributed by atoms with Crippen LogP contribution in [0, 0.1) is 0 Å². The first-order chi connectivity index (χ1) is 16.3. The molecule has 0 aliphatic heterocycles. The lowest BCUT2D eigenvalue weighted by Crippen LogP contribution is -2.32. The summed E-state index contributed by atoms with van der Waals surface area (Å²) >= 11 is 6.19. The van der Waals surface area contributed by atoms with Crippen LogP contribution in [0.5, 0.6) is 23.0 Å². The summed E-state index contributed by atoms with van der Waals surface area (Å²) < 4.78 is 22.3.